The molecule has 0 radical (unpaired) electrons. The van der Waals surface area contributed by atoms with Crippen molar-refractivity contribution in [3.63, 3.8) is 0 Å². The van der Waals surface area contributed by atoms with Crippen LogP contribution in [-0.4, -0.2) is 25.2 Å². The number of sulfonamides is 1. The van der Waals surface area contributed by atoms with Crippen molar-refractivity contribution in [2.24, 2.45) is 0 Å². The van der Waals surface area contributed by atoms with Gasteiger partial charge >= 0.3 is 0 Å². The lowest BCUT2D eigenvalue weighted by Crippen LogP contribution is -2.29. The quantitative estimate of drug-likeness (QED) is 0.808. The average Bonchev–Trinajstić information content (AvgIpc) is 2.55. The van der Waals surface area contributed by atoms with Crippen LogP contribution >= 0.6 is 11.6 Å². The summed E-state index contributed by atoms with van der Waals surface area (Å²) in [6.07, 6.45) is 0.436. The fourth-order valence-corrected chi connectivity index (χ4v) is 3.33. The zero-order valence-electron chi connectivity index (χ0n) is 10.2. The van der Waals surface area contributed by atoms with Gasteiger partial charge in [0, 0.05) is 17.5 Å². The van der Waals surface area contributed by atoms with Crippen molar-refractivity contribution in [1.29, 1.82) is 0 Å². The molecule has 1 heterocycles. The summed E-state index contributed by atoms with van der Waals surface area (Å²) in [6, 6.07) is -0.346. The Morgan fingerprint density at radius 1 is 1.47 bits per heavy atom. The summed E-state index contributed by atoms with van der Waals surface area (Å²) in [5.41, 5.74) is 1.49. The number of hydrogen-bond acceptors (Lipinski definition) is 4. The fourth-order valence-electron chi connectivity index (χ4n) is 1.74. The van der Waals surface area contributed by atoms with Gasteiger partial charge in [0.1, 0.15) is 5.76 Å². The maximum absolute atomic E-state index is 11.7. The lowest BCUT2D eigenvalue weighted by Gasteiger charge is -2.13. The van der Waals surface area contributed by atoms with E-state index in [1.54, 1.807) is 20.8 Å². The second-order valence-electron chi connectivity index (χ2n) is 3.94. The molecule has 5 nitrogen and oxygen atoms in total. The highest BCUT2D eigenvalue weighted by atomic mass is 35.5. The lowest BCUT2D eigenvalue weighted by molar-refractivity contribution is 0.391. The number of hydrogen-bond donors (Lipinski definition) is 1. The predicted octanol–water partition coefficient (Wildman–Crippen LogP) is 1.90. The molecule has 1 atom stereocenters. The van der Waals surface area contributed by atoms with Crippen LogP contribution in [0.1, 0.15) is 36.4 Å². The molecule has 1 rings (SSSR count). The van der Waals surface area contributed by atoms with Crippen molar-refractivity contribution in [3.8, 4) is 0 Å². The van der Waals surface area contributed by atoms with E-state index in [1.807, 2.05) is 0 Å². The second kappa shape index (κ2) is 5.84. The number of alkyl halides is 1. The second-order valence-corrected chi connectivity index (χ2v) is 6.19. The van der Waals surface area contributed by atoms with Crippen LogP contribution in [0.4, 0.5) is 0 Å². The SMILES string of the molecule is Cc1noc(C)c1C(C)NS(=O)(=O)CCCCl. The van der Waals surface area contributed by atoms with Crippen molar-refractivity contribution in [2.75, 3.05) is 11.6 Å². The van der Waals surface area contributed by atoms with Gasteiger partial charge in [0.2, 0.25) is 10.0 Å². The predicted molar refractivity (Wildman–Crippen MR) is 66.7 cm³/mol. The van der Waals surface area contributed by atoms with Crippen molar-refractivity contribution < 1.29 is 12.9 Å². The highest BCUT2D eigenvalue weighted by molar-refractivity contribution is 7.89. The molecule has 0 saturated heterocycles. The fraction of sp³-hybridized carbons (Fsp3) is 0.700. The largest absolute Gasteiger partial charge is 0.361 e. The van der Waals surface area contributed by atoms with Crippen molar-refractivity contribution in [2.45, 2.75) is 33.2 Å². The Labute approximate surface area is 107 Å². The molecule has 0 spiro atoms. The third-order valence-electron chi connectivity index (χ3n) is 2.42. The number of rotatable bonds is 6. The van der Waals surface area contributed by atoms with E-state index >= 15 is 0 Å². The highest BCUT2D eigenvalue weighted by Gasteiger charge is 2.21. The van der Waals surface area contributed by atoms with Gasteiger partial charge < -0.3 is 4.52 Å². The topological polar surface area (TPSA) is 72.2 Å². The zero-order valence-corrected chi connectivity index (χ0v) is 11.7. The van der Waals surface area contributed by atoms with Crippen LogP contribution in [0, 0.1) is 13.8 Å². The van der Waals surface area contributed by atoms with Crippen LogP contribution in [0.3, 0.4) is 0 Å². The van der Waals surface area contributed by atoms with E-state index in [9.17, 15) is 8.42 Å². The van der Waals surface area contributed by atoms with Crippen LogP contribution < -0.4 is 4.72 Å². The maximum atomic E-state index is 11.7. The molecule has 0 amide bonds. The number of nitrogens with one attached hydrogen (secondary N) is 1. The van der Waals surface area contributed by atoms with Crippen molar-refractivity contribution in [1.82, 2.24) is 9.88 Å². The van der Waals surface area contributed by atoms with Gasteiger partial charge in [-0.2, -0.15) is 0 Å². The molecule has 0 bridgehead atoms. The van der Waals surface area contributed by atoms with E-state index in [-0.39, 0.29) is 11.8 Å². The van der Waals surface area contributed by atoms with Gasteiger partial charge in [-0.25, -0.2) is 13.1 Å². The van der Waals surface area contributed by atoms with Crippen LogP contribution in [0.2, 0.25) is 0 Å². The molecule has 0 aliphatic heterocycles. The summed E-state index contributed by atoms with van der Waals surface area (Å²) in [7, 11) is -3.31. The normalized spacial score (nSPS) is 13.9. The van der Waals surface area contributed by atoms with Gasteiger partial charge in [0.15, 0.2) is 0 Å². The first-order valence-electron chi connectivity index (χ1n) is 5.36. The maximum Gasteiger partial charge on any atom is 0.212 e. The standard InChI is InChI=1S/C10H17ClN2O3S/c1-7-10(9(3)16-12-7)8(2)13-17(14,15)6-4-5-11/h8,13H,4-6H2,1-3H3. The van der Waals surface area contributed by atoms with Crippen LogP contribution in [0.15, 0.2) is 4.52 Å². The van der Waals surface area contributed by atoms with E-state index < -0.39 is 10.0 Å². The molecule has 0 fully saturated rings. The van der Waals surface area contributed by atoms with E-state index in [4.69, 9.17) is 16.1 Å². The molecule has 17 heavy (non-hydrogen) atoms. The minimum atomic E-state index is -3.31. The smallest absolute Gasteiger partial charge is 0.212 e. The summed E-state index contributed by atoms with van der Waals surface area (Å²) in [4.78, 5) is 0. The molecule has 0 aromatic carbocycles. The summed E-state index contributed by atoms with van der Waals surface area (Å²) in [6.45, 7) is 5.32. The summed E-state index contributed by atoms with van der Waals surface area (Å²) in [5.74, 6) is 1.00. The molecular formula is C10H17ClN2O3S. The molecular weight excluding hydrogens is 264 g/mol. The number of halogens is 1. The van der Waals surface area contributed by atoms with Crippen LogP contribution in [-0.2, 0) is 10.0 Å². The number of aromatic nitrogens is 1. The first-order valence-corrected chi connectivity index (χ1v) is 7.55. The van der Waals surface area contributed by atoms with E-state index in [0.717, 1.165) is 5.56 Å². The van der Waals surface area contributed by atoms with Gasteiger partial charge in [0.25, 0.3) is 0 Å². The Balaban J connectivity index is 2.76. The Hall–Kier alpha value is -0.590. The van der Waals surface area contributed by atoms with Gasteiger partial charge in [-0.15, -0.1) is 11.6 Å². The number of nitrogens with zero attached hydrogens (tertiary/aromatic N) is 1. The van der Waals surface area contributed by atoms with Gasteiger partial charge in [-0.3, -0.25) is 0 Å². The Morgan fingerprint density at radius 2 is 2.12 bits per heavy atom. The first-order chi connectivity index (χ1) is 7.87. The Morgan fingerprint density at radius 3 is 2.59 bits per heavy atom. The van der Waals surface area contributed by atoms with E-state index in [0.29, 0.717) is 23.8 Å². The molecule has 1 aromatic heterocycles. The lowest BCUT2D eigenvalue weighted by atomic mass is 10.1. The zero-order chi connectivity index (χ0) is 13.1. The van der Waals surface area contributed by atoms with Gasteiger partial charge in [0.05, 0.1) is 11.4 Å². The van der Waals surface area contributed by atoms with Gasteiger partial charge in [-0.05, 0) is 27.2 Å². The van der Waals surface area contributed by atoms with Crippen LogP contribution in [0.5, 0.6) is 0 Å². The summed E-state index contributed by atoms with van der Waals surface area (Å²) >= 11 is 5.48. The molecule has 0 aliphatic rings. The third-order valence-corrected chi connectivity index (χ3v) is 4.23. The first kappa shape index (κ1) is 14.5. The van der Waals surface area contributed by atoms with Crippen molar-refractivity contribution >= 4 is 21.6 Å². The molecule has 0 saturated carbocycles. The summed E-state index contributed by atoms with van der Waals surface area (Å²) in [5, 5.41) is 3.80. The monoisotopic (exact) mass is 280 g/mol. The highest BCUT2D eigenvalue weighted by Crippen LogP contribution is 2.21. The minimum Gasteiger partial charge on any atom is -0.361 e. The molecule has 1 unspecified atom stereocenters. The number of aryl methyl sites for hydroxylation is 2. The molecule has 7 heteroatoms. The Kier molecular flexibility index (Phi) is 4.97. The molecule has 1 N–H and O–H groups in total. The van der Waals surface area contributed by atoms with Crippen molar-refractivity contribution in [3.05, 3.63) is 17.0 Å². The molecule has 0 aliphatic carbocycles. The van der Waals surface area contributed by atoms with E-state index in [1.165, 1.54) is 0 Å². The third kappa shape index (κ3) is 3.97. The van der Waals surface area contributed by atoms with Crippen LogP contribution in [0.25, 0.3) is 0 Å². The minimum absolute atomic E-state index is 0.0320. The average molecular weight is 281 g/mol. The molecule has 98 valence electrons. The van der Waals surface area contributed by atoms with Gasteiger partial charge in [-0.1, -0.05) is 5.16 Å². The Bertz CT molecular complexity index is 450. The van der Waals surface area contributed by atoms with E-state index in [2.05, 4.69) is 9.88 Å². The molecule has 1 aromatic rings. The summed E-state index contributed by atoms with van der Waals surface area (Å²) < 4.78 is 31.0.